The van der Waals surface area contributed by atoms with Crippen LogP contribution in [0.2, 0.25) is 0 Å². The minimum absolute atomic E-state index is 0.644. The number of fused-ring (bicyclic) bond motifs is 7. The summed E-state index contributed by atoms with van der Waals surface area (Å²) in [7, 11) is 0. The molecule has 4 heteroatoms. The Hall–Kier alpha value is -8.21. The van der Waals surface area contributed by atoms with Gasteiger partial charge in [0, 0.05) is 33.2 Å². The summed E-state index contributed by atoms with van der Waals surface area (Å²) in [6, 6.07) is 77.5. The van der Waals surface area contributed by atoms with Gasteiger partial charge >= 0.3 is 0 Å². The maximum atomic E-state index is 5.04. The van der Waals surface area contributed by atoms with Crippen LogP contribution < -0.4 is 0 Å². The Bertz CT molecular complexity index is 3390. The number of rotatable bonds is 7. The molecule has 0 N–H and O–H groups in total. The van der Waals surface area contributed by atoms with Crippen LogP contribution in [0.5, 0.6) is 0 Å². The lowest BCUT2D eigenvalue weighted by Gasteiger charge is -2.30. The average Bonchev–Trinajstić information content (AvgIpc) is 3.67. The lowest BCUT2D eigenvalue weighted by molar-refractivity contribution is 1.07. The van der Waals surface area contributed by atoms with Gasteiger partial charge < -0.3 is 4.57 Å². The summed E-state index contributed by atoms with van der Waals surface area (Å²) < 4.78 is 2.39. The Labute approximate surface area is 353 Å². The van der Waals surface area contributed by atoms with Gasteiger partial charge in [0.05, 0.1) is 11.0 Å². The number of nitrogens with zero attached hydrogens (tertiary/aromatic N) is 4. The van der Waals surface area contributed by atoms with E-state index in [1.165, 1.54) is 71.9 Å². The monoisotopic (exact) mass is 776 g/mol. The minimum Gasteiger partial charge on any atom is -0.309 e. The molecular formula is C57H36N4. The zero-order valence-corrected chi connectivity index (χ0v) is 33.1. The zero-order chi connectivity index (χ0) is 40.3. The quantitative estimate of drug-likeness (QED) is 0.162. The number of para-hydroxylation sites is 1. The fraction of sp³-hybridized carbons (Fsp3) is 0. The van der Waals surface area contributed by atoms with Gasteiger partial charge in [0.2, 0.25) is 0 Å². The molecule has 284 valence electrons. The molecular weight excluding hydrogens is 741 g/mol. The minimum atomic E-state index is 0.644. The topological polar surface area (TPSA) is 43.6 Å². The van der Waals surface area contributed by atoms with Crippen LogP contribution in [0.25, 0.3) is 117 Å². The molecule has 0 unspecified atom stereocenters. The standard InChI is InChI=1S/C57H36N4/c1-4-15-37(16-5-1)38-29-32-44(33-30-38)61-51-28-11-10-23-47(51)50-36-42(31-34-52(50)61)46-25-14-27-49-48-26-13-24-45(53(48)54(46)49)41-21-12-22-43(35-41)57-59-55(39-17-6-2-7-18-39)58-56(60-57)40-19-8-3-9-20-40/h1-36H. The first-order chi connectivity index (χ1) is 30.2. The van der Waals surface area contributed by atoms with Crippen molar-refractivity contribution in [3.05, 3.63) is 218 Å². The molecule has 0 saturated carbocycles. The Morgan fingerprint density at radius 2 is 0.689 bits per heavy atom. The van der Waals surface area contributed by atoms with Crippen molar-refractivity contribution in [2.75, 3.05) is 0 Å². The highest BCUT2D eigenvalue weighted by Crippen LogP contribution is 2.55. The molecule has 0 aliphatic heterocycles. The van der Waals surface area contributed by atoms with E-state index in [0.717, 1.165) is 27.9 Å². The second-order valence-corrected chi connectivity index (χ2v) is 15.6. The fourth-order valence-corrected chi connectivity index (χ4v) is 9.13. The molecule has 1 aliphatic rings. The van der Waals surface area contributed by atoms with E-state index in [0.29, 0.717) is 17.5 Å². The van der Waals surface area contributed by atoms with Crippen molar-refractivity contribution in [2.45, 2.75) is 0 Å². The van der Waals surface area contributed by atoms with Crippen LogP contribution in [0.1, 0.15) is 0 Å². The first-order valence-corrected chi connectivity index (χ1v) is 20.7. The molecule has 11 aromatic rings. The van der Waals surface area contributed by atoms with Crippen LogP contribution in [-0.4, -0.2) is 19.5 Å². The van der Waals surface area contributed by atoms with Gasteiger partial charge in [-0.15, -0.1) is 0 Å². The van der Waals surface area contributed by atoms with E-state index in [1.807, 2.05) is 60.7 Å². The van der Waals surface area contributed by atoms with E-state index in [9.17, 15) is 0 Å². The molecule has 61 heavy (non-hydrogen) atoms. The predicted molar refractivity (Wildman–Crippen MR) is 251 cm³/mol. The van der Waals surface area contributed by atoms with Gasteiger partial charge in [-0.25, -0.2) is 15.0 Å². The van der Waals surface area contributed by atoms with Crippen LogP contribution in [0.15, 0.2) is 218 Å². The van der Waals surface area contributed by atoms with E-state index in [-0.39, 0.29) is 0 Å². The molecule has 2 heterocycles. The molecule has 0 atom stereocenters. The maximum Gasteiger partial charge on any atom is 0.164 e. The van der Waals surface area contributed by atoms with Crippen LogP contribution in [0, 0.1) is 0 Å². The van der Waals surface area contributed by atoms with E-state index in [4.69, 9.17) is 15.0 Å². The van der Waals surface area contributed by atoms with E-state index in [2.05, 4.69) is 162 Å². The second kappa shape index (κ2) is 14.3. The SMILES string of the molecule is c1ccc(-c2ccc(-n3c4ccccc4c4cc(-c5cccc6c5-c5c(-c7cccc(-c8nc(-c9ccccc9)nc(-c9ccccc9)n8)c7)cccc5-6)ccc43)cc2)cc1. The first kappa shape index (κ1) is 34.8. The van der Waals surface area contributed by atoms with E-state index in [1.54, 1.807) is 0 Å². The molecule has 4 nitrogen and oxygen atoms in total. The maximum absolute atomic E-state index is 5.04. The van der Waals surface area contributed by atoms with Gasteiger partial charge in [0.15, 0.2) is 17.5 Å². The van der Waals surface area contributed by atoms with Crippen molar-refractivity contribution in [1.82, 2.24) is 19.5 Å². The second-order valence-electron chi connectivity index (χ2n) is 15.6. The lowest BCUT2D eigenvalue weighted by atomic mass is 9.73. The van der Waals surface area contributed by atoms with Crippen molar-refractivity contribution >= 4 is 21.8 Å². The molecule has 0 saturated heterocycles. The van der Waals surface area contributed by atoms with Crippen LogP contribution in [0.3, 0.4) is 0 Å². The Kier molecular flexibility index (Phi) is 8.13. The molecule has 0 radical (unpaired) electrons. The summed E-state index contributed by atoms with van der Waals surface area (Å²) in [5.41, 5.74) is 18.7. The van der Waals surface area contributed by atoms with Gasteiger partial charge in [-0.05, 0) is 92.0 Å². The van der Waals surface area contributed by atoms with Gasteiger partial charge in [-0.1, -0.05) is 182 Å². The van der Waals surface area contributed by atoms with Crippen molar-refractivity contribution in [3.8, 4) is 95.5 Å². The molecule has 1 aliphatic carbocycles. The predicted octanol–water partition coefficient (Wildman–Crippen LogP) is 14.6. The Morgan fingerprint density at radius 3 is 1.31 bits per heavy atom. The van der Waals surface area contributed by atoms with Crippen molar-refractivity contribution in [3.63, 3.8) is 0 Å². The molecule has 0 fully saturated rings. The van der Waals surface area contributed by atoms with Gasteiger partial charge in [0.25, 0.3) is 0 Å². The molecule has 12 rings (SSSR count). The number of benzene rings is 9. The summed E-state index contributed by atoms with van der Waals surface area (Å²) in [6.07, 6.45) is 0. The molecule has 2 aromatic heterocycles. The molecule has 0 spiro atoms. The van der Waals surface area contributed by atoms with Crippen LogP contribution >= 0.6 is 0 Å². The van der Waals surface area contributed by atoms with E-state index < -0.39 is 0 Å². The van der Waals surface area contributed by atoms with Gasteiger partial charge in [-0.3, -0.25) is 0 Å². The third-order valence-electron chi connectivity index (χ3n) is 12.0. The highest BCUT2D eigenvalue weighted by Gasteiger charge is 2.29. The summed E-state index contributed by atoms with van der Waals surface area (Å²) >= 11 is 0. The third kappa shape index (κ3) is 5.88. The smallest absolute Gasteiger partial charge is 0.164 e. The summed E-state index contributed by atoms with van der Waals surface area (Å²) in [6.45, 7) is 0. The van der Waals surface area contributed by atoms with Gasteiger partial charge in [0.1, 0.15) is 0 Å². The lowest BCUT2D eigenvalue weighted by Crippen LogP contribution is -2.03. The molecule has 0 bridgehead atoms. The average molecular weight is 777 g/mol. The fourth-order valence-electron chi connectivity index (χ4n) is 9.13. The summed E-state index contributed by atoms with van der Waals surface area (Å²) in [5, 5.41) is 2.48. The third-order valence-corrected chi connectivity index (χ3v) is 12.0. The highest BCUT2D eigenvalue weighted by atomic mass is 15.0. The first-order valence-electron chi connectivity index (χ1n) is 20.7. The van der Waals surface area contributed by atoms with Crippen molar-refractivity contribution < 1.29 is 0 Å². The largest absolute Gasteiger partial charge is 0.309 e. The van der Waals surface area contributed by atoms with Crippen LogP contribution in [-0.2, 0) is 0 Å². The van der Waals surface area contributed by atoms with Crippen molar-refractivity contribution in [1.29, 1.82) is 0 Å². The van der Waals surface area contributed by atoms with Crippen LogP contribution in [0.4, 0.5) is 0 Å². The molecule has 9 aromatic carbocycles. The number of aromatic nitrogens is 4. The molecule has 0 amide bonds. The number of hydrogen-bond donors (Lipinski definition) is 0. The highest BCUT2D eigenvalue weighted by molar-refractivity contribution is 6.15. The van der Waals surface area contributed by atoms with Crippen molar-refractivity contribution in [2.24, 2.45) is 0 Å². The summed E-state index contributed by atoms with van der Waals surface area (Å²) in [4.78, 5) is 15.0. The van der Waals surface area contributed by atoms with Gasteiger partial charge in [-0.2, -0.15) is 0 Å². The summed E-state index contributed by atoms with van der Waals surface area (Å²) in [5.74, 6) is 1.95. The Balaban J connectivity index is 0.951. The Morgan fingerprint density at radius 1 is 0.262 bits per heavy atom. The normalized spacial score (nSPS) is 11.6. The van der Waals surface area contributed by atoms with E-state index >= 15 is 0 Å². The number of hydrogen-bond acceptors (Lipinski definition) is 3. The zero-order valence-electron chi connectivity index (χ0n) is 33.1.